The van der Waals surface area contributed by atoms with Crippen molar-refractivity contribution in [2.45, 2.75) is 20.0 Å². The lowest BCUT2D eigenvalue weighted by molar-refractivity contribution is 0.0697. The topological polar surface area (TPSA) is 49.8 Å². The van der Waals surface area contributed by atoms with Gasteiger partial charge in [0.2, 0.25) is 0 Å². The zero-order valence-electron chi connectivity index (χ0n) is 10.8. The van der Waals surface area contributed by atoms with E-state index in [4.69, 9.17) is 21.4 Å². The van der Waals surface area contributed by atoms with Gasteiger partial charge in [0, 0.05) is 19.3 Å². The van der Waals surface area contributed by atoms with Gasteiger partial charge in [-0.15, -0.1) is 0 Å². The summed E-state index contributed by atoms with van der Waals surface area (Å²) < 4.78 is 5.46. The summed E-state index contributed by atoms with van der Waals surface area (Å²) in [5.41, 5.74) is 0.990. The number of ether oxygens (including phenoxy) is 1. The summed E-state index contributed by atoms with van der Waals surface area (Å²) in [5.74, 6) is -1.02. The molecule has 0 unspecified atom stereocenters. The van der Waals surface area contributed by atoms with Gasteiger partial charge in [-0.2, -0.15) is 0 Å². The molecule has 4 nitrogen and oxygen atoms in total. The van der Waals surface area contributed by atoms with Crippen LogP contribution in [0.4, 0.5) is 5.69 Å². The van der Waals surface area contributed by atoms with E-state index in [0.29, 0.717) is 6.61 Å². The first-order valence-corrected chi connectivity index (χ1v) is 6.15. The molecule has 0 aliphatic heterocycles. The maximum atomic E-state index is 10.8. The van der Waals surface area contributed by atoms with Crippen LogP contribution < -0.4 is 4.90 Å². The Kier molecular flexibility index (Phi) is 5.44. The van der Waals surface area contributed by atoms with Gasteiger partial charge in [-0.05, 0) is 32.0 Å². The van der Waals surface area contributed by atoms with Crippen molar-refractivity contribution in [2.24, 2.45) is 0 Å². The molecule has 0 saturated heterocycles. The average molecular weight is 272 g/mol. The van der Waals surface area contributed by atoms with E-state index < -0.39 is 5.97 Å². The highest BCUT2D eigenvalue weighted by atomic mass is 35.5. The minimum absolute atomic E-state index is 0.118. The van der Waals surface area contributed by atoms with Gasteiger partial charge < -0.3 is 14.7 Å². The normalized spacial score (nSPS) is 10.7. The summed E-state index contributed by atoms with van der Waals surface area (Å²) in [6.45, 7) is 5.31. The van der Waals surface area contributed by atoms with E-state index in [2.05, 4.69) is 0 Å². The molecular formula is C13H18ClNO3. The third-order valence-corrected chi connectivity index (χ3v) is 2.81. The quantitative estimate of drug-likeness (QED) is 0.864. The van der Waals surface area contributed by atoms with Gasteiger partial charge in [-0.3, -0.25) is 0 Å². The molecule has 0 amide bonds. The number of nitrogens with zero attached hydrogens (tertiary/aromatic N) is 1. The number of aromatic carboxylic acids is 1. The van der Waals surface area contributed by atoms with Crippen LogP contribution in [0.3, 0.4) is 0 Å². The number of anilines is 1. The third-order valence-electron chi connectivity index (χ3n) is 2.50. The van der Waals surface area contributed by atoms with Crippen LogP contribution in [0.1, 0.15) is 24.2 Å². The van der Waals surface area contributed by atoms with Crippen molar-refractivity contribution in [1.29, 1.82) is 0 Å². The van der Waals surface area contributed by atoms with Crippen LogP contribution in [-0.2, 0) is 4.74 Å². The second kappa shape index (κ2) is 6.61. The predicted octanol–water partition coefficient (Wildman–Crippen LogP) is 2.90. The fourth-order valence-electron chi connectivity index (χ4n) is 1.47. The summed E-state index contributed by atoms with van der Waals surface area (Å²) in [7, 11) is 1.91. The number of carboxylic acids is 1. The van der Waals surface area contributed by atoms with Crippen molar-refractivity contribution in [2.75, 3.05) is 25.1 Å². The lowest BCUT2D eigenvalue weighted by atomic mass is 10.2. The van der Waals surface area contributed by atoms with Gasteiger partial charge in [-0.25, -0.2) is 4.79 Å². The first kappa shape index (κ1) is 14.8. The van der Waals surface area contributed by atoms with Crippen molar-refractivity contribution in [3.63, 3.8) is 0 Å². The summed E-state index contributed by atoms with van der Waals surface area (Å²) >= 11 is 5.91. The minimum atomic E-state index is -1.02. The van der Waals surface area contributed by atoms with E-state index in [1.165, 1.54) is 6.07 Å². The molecule has 0 bridgehead atoms. The molecule has 0 aliphatic carbocycles. The summed E-state index contributed by atoms with van der Waals surface area (Å²) in [6, 6.07) is 4.91. The van der Waals surface area contributed by atoms with Crippen LogP contribution in [-0.4, -0.2) is 37.4 Å². The number of hydrogen-bond donors (Lipinski definition) is 1. The van der Waals surface area contributed by atoms with Crippen LogP contribution >= 0.6 is 11.6 Å². The SMILES string of the molecule is CC(C)OCCN(C)c1ccc(C(=O)O)c(Cl)c1. The zero-order chi connectivity index (χ0) is 13.7. The number of likely N-dealkylation sites (N-methyl/N-ethyl adjacent to an activating group) is 1. The van der Waals surface area contributed by atoms with Gasteiger partial charge in [0.15, 0.2) is 0 Å². The van der Waals surface area contributed by atoms with Crippen LogP contribution in [0, 0.1) is 0 Å². The molecule has 0 spiro atoms. The maximum Gasteiger partial charge on any atom is 0.337 e. The lowest BCUT2D eigenvalue weighted by Gasteiger charge is -2.20. The van der Waals surface area contributed by atoms with Crippen molar-refractivity contribution in [3.05, 3.63) is 28.8 Å². The molecule has 1 aromatic rings. The Balaban J connectivity index is 2.66. The Morgan fingerprint density at radius 1 is 1.50 bits per heavy atom. The van der Waals surface area contributed by atoms with E-state index in [9.17, 15) is 4.79 Å². The zero-order valence-corrected chi connectivity index (χ0v) is 11.6. The smallest absolute Gasteiger partial charge is 0.337 e. The molecule has 0 aromatic heterocycles. The Morgan fingerprint density at radius 3 is 2.67 bits per heavy atom. The largest absolute Gasteiger partial charge is 0.478 e. The average Bonchev–Trinajstić information content (AvgIpc) is 2.27. The molecule has 1 N–H and O–H groups in total. The molecule has 0 radical (unpaired) electrons. The van der Waals surface area contributed by atoms with Crippen molar-refractivity contribution in [3.8, 4) is 0 Å². The van der Waals surface area contributed by atoms with Gasteiger partial charge in [0.05, 0.1) is 23.3 Å². The molecule has 18 heavy (non-hydrogen) atoms. The Morgan fingerprint density at radius 2 is 2.17 bits per heavy atom. The highest BCUT2D eigenvalue weighted by Crippen LogP contribution is 2.23. The summed E-state index contributed by atoms with van der Waals surface area (Å²) in [6.07, 6.45) is 0.205. The number of halogens is 1. The molecule has 0 saturated carbocycles. The monoisotopic (exact) mass is 271 g/mol. The van der Waals surface area contributed by atoms with E-state index >= 15 is 0 Å². The minimum Gasteiger partial charge on any atom is -0.478 e. The highest BCUT2D eigenvalue weighted by molar-refractivity contribution is 6.33. The molecule has 1 aromatic carbocycles. The number of hydrogen-bond acceptors (Lipinski definition) is 3. The number of carbonyl (C=O) groups is 1. The Hall–Kier alpha value is -1.26. The van der Waals surface area contributed by atoms with E-state index in [1.807, 2.05) is 25.8 Å². The Bertz CT molecular complexity index is 421. The number of benzene rings is 1. The van der Waals surface area contributed by atoms with E-state index in [-0.39, 0.29) is 16.7 Å². The van der Waals surface area contributed by atoms with Crippen molar-refractivity contribution < 1.29 is 14.6 Å². The van der Waals surface area contributed by atoms with Crippen molar-refractivity contribution >= 4 is 23.3 Å². The fourth-order valence-corrected chi connectivity index (χ4v) is 1.72. The van der Waals surface area contributed by atoms with Crippen LogP contribution in [0.15, 0.2) is 18.2 Å². The summed E-state index contributed by atoms with van der Waals surface area (Å²) in [4.78, 5) is 12.8. The van der Waals surface area contributed by atoms with E-state index in [1.54, 1.807) is 12.1 Å². The number of carboxylic acid groups (broad SMARTS) is 1. The lowest BCUT2D eigenvalue weighted by Crippen LogP contribution is -2.24. The maximum absolute atomic E-state index is 10.8. The van der Waals surface area contributed by atoms with Gasteiger partial charge >= 0.3 is 5.97 Å². The van der Waals surface area contributed by atoms with Crippen LogP contribution in [0.25, 0.3) is 0 Å². The first-order chi connectivity index (χ1) is 8.41. The van der Waals surface area contributed by atoms with Gasteiger partial charge in [0.1, 0.15) is 0 Å². The molecular weight excluding hydrogens is 254 g/mol. The third kappa shape index (κ3) is 4.20. The standard InChI is InChI=1S/C13H18ClNO3/c1-9(2)18-7-6-15(3)10-4-5-11(13(16)17)12(14)8-10/h4-5,8-9H,6-7H2,1-3H3,(H,16,17). The second-order valence-electron chi connectivity index (χ2n) is 4.31. The summed E-state index contributed by atoms with van der Waals surface area (Å²) in [5, 5.41) is 9.13. The second-order valence-corrected chi connectivity index (χ2v) is 4.72. The molecule has 0 heterocycles. The number of rotatable bonds is 6. The molecule has 5 heteroatoms. The predicted molar refractivity (Wildman–Crippen MR) is 72.8 cm³/mol. The first-order valence-electron chi connectivity index (χ1n) is 5.77. The highest BCUT2D eigenvalue weighted by Gasteiger charge is 2.10. The fraction of sp³-hybridized carbons (Fsp3) is 0.462. The van der Waals surface area contributed by atoms with Gasteiger partial charge in [-0.1, -0.05) is 11.6 Å². The van der Waals surface area contributed by atoms with Crippen molar-refractivity contribution in [1.82, 2.24) is 0 Å². The van der Waals surface area contributed by atoms with Gasteiger partial charge in [0.25, 0.3) is 0 Å². The van der Waals surface area contributed by atoms with Crippen LogP contribution in [0.2, 0.25) is 5.02 Å². The molecule has 0 aliphatic rings. The van der Waals surface area contributed by atoms with Crippen LogP contribution in [0.5, 0.6) is 0 Å². The molecule has 0 fully saturated rings. The Labute approximate surface area is 112 Å². The van der Waals surface area contributed by atoms with E-state index in [0.717, 1.165) is 12.2 Å². The molecule has 100 valence electrons. The molecule has 1 rings (SSSR count). The molecule has 0 atom stereocenters.